The first-order valence-corrected chi connectivity index (χ1v) is 14.5. The fourth-order valence-corrected chi connectivity index (χ4v) is 6.90. The van der Waals surface area contributed by atoms with Crippen LogP contribution in [-0.2, 0) is 10.0 Å². The summed E-state index contributed by atoms with van der Waals surface area (Å²) in [4.78, 5) is 6.98. The lowest BCUT2D eigenvalue weighted by Gasteiger charge is -2.41. The van der Waals surface area contributed by atoms with E-state index in [2.05, 4.69) is 9.88 Å². The molecule has 3 heterocycles. The Balaban J connectivity index is 1.13. The van der Waals surface area contributed by atoms with Crippen molar-refractivity contribution in [3.8, 4) is 16.7 Å². The summed E-state index contributed by atoms with van der Waals surface area (Å²) in [5.41, 5.74) is 0. The van der Waals surface area contributed by atoms with Crippen molar-refractivity contribution in [1.82, 2.24) is 14.2 Å². The molecule has 0 unspecified atom stereocenters. The third kappa shape index (κ3) is 5.81. The van der Waals surface area contributed by atoms with E-state index in [1.165, 1.54) is 11.3 Å². The highest BCUT2D eigenvalue weighted by molar-refractivity contribution is 7.89. The second kappa shape index (κ2) is 10.8. The van der Waals surface area contributed by atoms with Gasteiger partial charge in [0, 0.05) is 43.8 Å². The van der Waals surface area contributed by atoms with Crippen molar-refractivity contribution >= 4 is 33.0 Å². The zero-order valence-corrected chi connectivity index (χ0v) is 21.6. The summed E-state index contributed by atoms with van der Waals surface area (Å²) in [5.74, 6) is 1.07. The maximum absolute atomic E-state index is 13.2. The van der Waals surface area contributed by atoms with Gasteiger partial charge in [0.05, 0.1) is 9.92 Å². The van der Waals surface area contributed by atoms with Crippen LogP contribution in [0.4, 0.5) is 0 Å². The van der Waals surface area contributed by atoms with E-state index < -0.39 is 10.0 Å². The predicted octanol–water partition coefficient (Wildman–Crippen LogP) is 5.29. The molecule has 2 saturated heterocycles. The summed E-state index contributed by atoms with van der Waals surface area (Å²) >= 11 is 7.67. The van der Waals surface area contributed by atoms with Crippen LogP contribution in [0.2, 0.25) is 5.02 Å². The lowest BCUT2D eigenvalue weighted by molar-refractivity contribution is 0.0584. The predicted molar refractivity (Wildman–Crippen MR) is 137 cm³/mol. The van der Waals surface area contributed by atoms with E-state index in [1.807, 2.05) is 17.5 Å². The maximum Gasteiger partial charge on any atom is 0.273 e. The number of thiazole rings is 1. The molecule has 0 amide bonds. The van der Waals surface area contributed by atoms with Gasteiger partial charge in [-0.3, -0.25) is 0 Å². The SMILES string of the molecule is O=S(=O)(c1ccc(Oc2ccccc2Cl)cc1)N1CCC(N2CCC(Oc3nccs3)CC2)CC1. The summed E-state index contributed by atoms with van der Waals surface area (Å²) in [6.45, 7) is 3.00. The minimum absolute atomic E-state index is 0.211. The Morgan fingerprint density at radius 2 is 1.66 bits per heavy atom. The standard InChI is InChI=1S/C25H28ClN3O4S2/c26-23-3-1-2-4-24(23)32-20-5-7-22(8-6-20)35(30,31)29-16-9-19(10-17-29)28-14-11-21(12-15-28)33-25-27-13-18-34-25/h1-8,13,18-19,21H,9-12,14-17H2. The minimum atomic E-state index is -3.54. The average molecular weight is 534 g/mol. The Labute approximate surface area is 215 Å². The summed E-state index contributed by atoms with van der Waals surface area (Å²) in [6.07, 6.45) is 5.60. The van der Waals surface area contributed by atoms with Crippen LogP contribution in [0.25, 0.3) is 0 Å². The highest BCUT2D eigenvalue weighted by Crippen LogP contribution is 2.31. The lowest BCUT2D eigenvalue weighted by atomic mass is 10.00. The summed E-state index contributed by atoms with van der Waals surface area (Å²) in [7, 11) is -3.54. The Hall–Kier alpha value is -2.17. The first kappa shape index (κ1) is 24.5. The van der Waals surface area contributed by atoms with Gasteiger partial charge < -0.3 is 14.4 Å². The Kier molecular flexibility index (Phi) is 7.59. The van der Waals surface area contributed by atoms with Crippen LogP contribution in [0.5, 0.6) is 16.7 Å². The van der Waals surface area contributed by atoms with E-state index in [4.69, 9.17) is 21.1 Å². The number of sulfonamides is 1. The molecule has 0 atom stereocenters. The van der Waals surface area contributed by atoms with Gasteiger partial charge in [-0.1, -0.05) is 35.1 Å². The van der Waals surface area contributed by atoms with Gasteiger partial charge in [0.2, 0.25) is 10.0 Å². The van der Waals surface area contributed by atoms with Crippen molar-refractivity contribution in [3.63, 3.8) is 0 Å². The van der Waals surface area contributed by atoms with Gasteiger partial charge in [-0.25, -0.2) is 13.4 Å². The van der Waals surface area contributed by atoms with Gasteiger partial charge in [-0.05, 0) is 62.1 Å². The zero-order chi connectivity index (χ0) is 24.3. The first-order chi connectivity index (χ1) is 17.0. The molecule has 0 spiro atoms. The molecule has 2 aliphatic heterocycles. The molecule has 10 heteroatoms. The van der Waals surface area contributed by atoms with Gasteiger partial charge in [0.25, 0.3) is 5.19 Å². The molecule has 0 radical (unpaired) electrons. The van der Waals surface area contributed by atoms with Crippen LogP contribution in [0.1, 0.15) is 25.7 Å². The maximum atomic E-state index is 13.2. The molecule has 0 saturated carbocycles. The quantitative estimate of drug-likeness (QED) is 0.411. The fourth-order valence-electron chi connectivity index (χ4n) is 4.70. The number of rotatable bonds is 7. The zero-order valence-electron chi connectivity index (χ0n) is 19.3. The number of para-hydroxylation sites is 1. The normalized spacial score (nSPS) is 19.0. The second-order valence-electron chi connectivity index (χ2n) is 8.79. The fraction of sp³-hybridized carbons (Fsp3) is 0.400. The lowest BCUT2D eigenvalue weighted by Crippen LogP contribution is -2.50. The third-order valence-corrected chi connectivity index (χ3v) is 9.51. The second-order valence-corrected chi connectivity index (χ2v) is 12.0. The van der Waals surface area contributed by atoms with Gasteiger partial charge in [0.1, 0.15) is 17.6 Å². The average Bonchev–Trinajstić information content (AvgIpc) is 3.39. The summed E-state index contributed by atoms with van der Waals surface area (Å²) < 4.78 is 39.8. The van der Waals surface area contributed by atoms with Gasteiger partial charge in [-0.15, -0.1) is 0 Å². The third-order valence-electron chi connectivity index (χ3n) is 6.62. The van der Waals surface area contributed by atoms with Crippen molar-refractivity contribution in [2.45, 2.75) is 42.7 Å². The monoisotopic (exact) mass is 533 g/mol. The molecule has 5 rings (SSSR count). The number of halogens is 1. The molecule has 0 bridgehead atoms. The molecular formula is C25H28ClN3O4S2. The Bertz CT molecular complexity index is 1210. The van der Waals surface area contributed by atoms with Gasteiger partial charge >= 0.3 is 0 Å². The number of hydrogen-bond donors (Lipinski definition) is 0. The molecule has 1 aromatic heterocycles. The molecule has 0 N–H and O–H groups in total. The van der Waals surface area contributed by atoms with E-state index in [0.717, 1.165) is 44.0 Å². The largest absolute Gasteiger partial charge is 0.467 e. The van der Waals surface area contributed by atoms with Crippen LogP contribution in [0.15, 0.2) is 65.0 Å². The van der Waals surface area contributed by atoms with Crippen LogP contribution >= 0.6 is 22.9 Å². The highest BCUT2D eigenvalue weighted by Gasteiger charge is 2.33. The van der Waals surface area contributed by atoms with Gasteiger partial charge in [0.15, 0.2) is 0 Å². The number of ether oxygens (including phenoxy) is 2. The van der Waals surface area contributed by atoms with Crippen molar-refractivity contribution in [3.05, 3.63) is 65.1 Å². The molecule has 0 aliphatic carbocycles. The van der Waals surface area contributed by atoms with E-state index in [1.54, 1.807) is 46.9 Å². The van der Waals surface area contributed by atoms with Gasteiger partial charge in [-0.2, -0.15) is 4.31 Å². The molecule has 35 heavy (non-hydrogen) atoms. The smallest absolute Gasteiger partial charge is 0.273 e. The number of nitrogens with zero attached hydrogens (tertiary/aromatic N) is 3. The van der Waals surface area contributed by atoms with E-state index in [-0.39, 0.29) is 11.0 Å². The van der Waals surface area contributed by atoms with E-state index >= 15 is 0 Å². The molecule has 7 nitrogen and oxygen atoms in total. The summed E-state index contributed by atoms with van der Waals surface area (Å²) in [5, 5.41) is 3.17. The number of aromatic nitrogens is 1. The molecule has 186 valence electrons. The van der Waals surface area contributed by atoms with Crippen LogP contribution in [-0.4, -0.2) is 60.9 Å². The van der Waals surface area contributed by atoms with Crippen molar-refractivity contribution in [2.24, 2.45) is 0 Å². The van der Waals surface area contributed by atoms with Crippen LogP contribution < -0.4 is 9.47 Å². The van der Waals surface area contributed by atoms with Crippen molar-refractivity contribution in [2.75, 3.05) is 26.2 Å². The molecule has 3 aromatic rings. The number of likely N-dealkylation sites (tertiary alicyclic amines) is 1. The minimum Gasteiger partial charge on any atom is -0.467 e. The number of benzene rings is 2. The Morgan fingerprint density at radius 3 is 2.31 bits per heavy atom. The molecule has 2 fully saturated rings. The molecule has 2 aliphatic rings. The van der Waals surface area contributed by atoms with Crippen molar-refractivity contribution in [1.29, 1.82) is 0 Å². The summed E-state index contributed by atoms with van der Waals surface area (Å²) in [6, 6.07) is 14.1. The Morgan fingerprint density at radius 1 is 0.943 bits per heavy atom. The molecule has 2 aromatic carbocycles. The number of piperidine rings is 2. The number of hydrogen-bond acceptors (Lipinski definition) is 7. The van der Waals surface area contributed by atoms with E-state index in [0.29, 0.717) is 35.7 Å². The van der Waals surface area contributed by atoms with E-state index in [9.17, 15) is 8.42 Å². The van der Waals surface area contributed by atoms with Crippen molar-refractivity contribution < 1.29 is 17.9 Å². The van der Waals surface area contributed by atoms with Crippen LogP contribution in [0.3, 0.4) is 0 Å². The molecular weight excluding hydrogens is 506 g/mol. The first-order valence-electron chi connectivity index (χ1n) is 11.8. The van der Waals surface area contributed by atoms with Crippen LogP contribution in [0, 0.1) is 0 Å². The topological polar surface area (TPSA) is 72.0 Å². The highest BCUT2D eigenvalue weighted by atomic mass is 35.5.